The zero-order chi connectivity index (χ0) is 21.9. The summed E-state index contributed by atoms with van der Waals surface area (Å²) in [4.78, 5) is 26.3. The largest absolute Gasteiger partial charge is 0.353 e. The Morgan fingerprint density at radius 1 is 0.438 bits per heavy atom. The van der Waals surface area contributed by atoms with E-state index in [1.165, 1.54) is 77.0 Å². The van der Waals surface area contributed by atoms with Crippen LogP contribution in [0.5, 0.6) is 0 Å². The number of carbonyl (C=O) groups is 2. The molecule has 5 saturated carbocycles. The first-order chi connectivity index (χ1) is 15.7. The maximum absolute atomic E-state index is 13.1. The summed E-state index contributed by atoms with van der Waals surface area (Å²) in [7, 11) is 0. The first-order valence-corrected chi connectivity index (χ1v) is 14.3. The molecular weight excluding hydrogens is 396 g/mol. The van der Waals surface area contributed by atoms with Gasteiger partial charge in [0, 0.05) is 23.9 Å². The zero-order valence-corrected chi connectivity index (χ0v) is 20.2. The third kappa shape index (κ3) is 5.04. The van der Waals surface area contributed by atoms with Crippen molar-refractivity contribution in [3.63, 3.8) is 0 Å². The van der Waals surface area contributed by atoms with Gasteiger partial charge in [-0.05, 0) is 75.0 Å². The van der Waals surface area contributed by atoms with E-state index < -0.39 is 0 Å². The summed E-state index contributed by atoms with van der Waals surface area (Å²) in [5.74, 6) is 4.13. The van der Waals surface area contributed by atoms with Crippen LogP contribution in [0.4, 0.5) is 0 Å². The molecule has 0 aromatic heterocycles. The van der Waals surface area contributed by atoms with Crippen LogP contribution in [0, 0.1) is 35.5 Å². The molecular formula is C28H46N2O2. The summed E-state index contributed by atoms with van der Waals surface area (Å²) >= 11 is 0. The Morgan fingerprint density at radius 2 is 0.812 bits per heavy atom. The van der Waals surface area contributed by atoms with Gasteiger partial charge in [0.25, 0.3) is 0 Å². The van der Waals surface area contributed by atoms with E-state index in [0.29, 0.717) is 35.7 Å². The predicted octanol–water partition coefficient (Wildman–Crippen LogP) is 5.74. The standard InChI is InChI=1S/C28H46N2O2/c31-27(25-13-5-9-19-7-1-3-11-23(19)25)29-21-15-17-22(18-16-21)30-28(32)26-14-6-10-20-8-2-4-12-24(20)26/h19-26H,1-18H2,(H,29,31)(H,30,32). The second-order valence-electron chi connectivity index (χ2n) is 12.1. The molecule has 0 bridgehead atoms. The zero-order valence-electron chi connectivity index (χ0n) is 20.2. The van der Waals surface area contributed by atoms with Crippen LogP contribution in [0.1, 0.15) is 116 Å². The van der Waals surface area contributed by atoms with Crippen molar-refractivity contribution in [2.45, 2.75) is 128 Å². The van der Waals surface area contributed by atoms with Gasteiger partial charge in [0.15, 0.2) is 0 Å². The van der Waals surface area contributed by atoms with Crippen molar-refractivity contribution >= 4 is 11.8 Å². The van der Waals surface area contributed by atoms with Gasteiger partial charge < -0.3 is 10.6 Å². The maximum Gasteiger partial charge on any atom is 0.223 e. The van der Waals surface area contributed by atoms with E-state index >= 15 is 0 Å². The fourth-order valence-corrected chi connectivity index (χ4v) is 8.53. The molecule has 5 aliphatic carbocycles. The Bertz CT molecular complexity index is 596. The lowest BCUT2D eigenvalue weighted by atomic mass is 9.65. The second-order valence-corrected chi connectivity index (χ2v) is 12.1. The van der Waals surface area contributed by atoms with Crippen molar-refractivity contribution in [2.24, 2.45) is 35.5 Å². The molecule has 0 aromatic carbocycles. The molecule has 32 heavy (non-hydrogen) atoms. The van der Waals surface area contributed by atoms with Crippen LogP contribution in [-0.4, -0.2) is 23.9 Å². The second kappa shape index (κ2) is 10.5. The summed E-state index contributed by atoms with van der Waals surface area (Å²) in [6.07, 6.45) is 22.1. The minimum absolute atomic E-state index is 0.265. The van der Waals surface area contributed by atoms with Gasteiger partial charge in [-0.1, -0.05) is 64.2 Å². The van der Waals surface area contributed by atoms with Crippen molar-refractivity contribution in [3.8, 4) is 0 Å². The molecule has 5 aliphatic rings. The van der Waals surface area contributed by atoms with Crippen molar-refractivity contribution in [1.29, 1.82) is 0 Å². The molecule has 4 nitrogen and oxygen atoms in total. The van der Waals surface area contributed by atoms with Crippen LogP contribution < -0.4 is 10.6 Å². The molecule has 6 atom stereocenters. The average molecular weight is 443 g/mol. The highest BCUT2D eigenvalue weighted by Crippen LogP contribution is 2.45. The molecule has 2 N–H and O–H groups in total. The number of hydrogen-bond donors (Lipinski definition) is 2. The van der Waals surface area contributed by atoms with Crippen molar-refractivity contribution in [3.05, 3.63) is 0 Å². The van der Waals surface area contributed by atoms with Gasteiger partial charge in [-0.3, -0.25) is 9.59 Å². The van der Waals surface area contributed by atoms with Crippen molar-refractivity contribution in [2.75, 3.05) is 0 Å². The van der Waals surface area contributed by atoms with Crippen LogP contribution in [-0.2, 0) is 9.59 Å². The first-order valence-electron chi connectivity index (χ1n) is 14.3. The fourth-order valence-electron chi connectivity index (χ4n) is 8.53. The average Bonchev–Trinajstić information content (AvgIpc) is 2.84. The van der Waals surface area contributed by atoms with Crippen LogP contribution in [0.15, 0.2) is 0 Å². The molecule has 2 amide bonds. The summed E-state index contributed by atoms with van der Waals surface area (Å²) in [5.41, 5.74) is 0. The molecule has 0 heterocycles. The van der Waals surface area contributed by atoms with Gasteiger partial charge in [0.1, 0.15) is 0 Å². The van der Waals surface area contributed by atoms with E-state index in [1.54, 1.807) is 0 Å². The third-order valence-electron chi connectivity index (χ3n) is 10.2. The molecule has 0 spiro atoms. The Labute approximate surface area is 195 Å². The summed E-state index contributed by atoms with van der Waals surface area (Å²) in [5, 5.41) is 6.89. The third-order valence-corrected chi connectivity index (χ3v) is 10.2. The molecule has 0 radical (unpaired) electrons. The summed E-state index contributed by atoms with van der Waals surface area (Å²) < 4.78 is 0. The highest BCUT2D eigenvalue weighted by Gasteiger charge is 2.40. The normalized spacial score (nSPS) is 42.2. The fraction of sp³-hybridized carbons (Fsp3) is 0.929. The minimum atomic E-state index is 0.265. The van der Waals surface area contributed by atoms with Crippen LogP contribution in [0.3, 0.4) is 0 Å². The number of hydrogen-bond acceptors (Lipinski definition) is 2. The molecule has 6 unspecified atom stereocenters. The number of fused-ring (bicyclic) bond motifs is 2. The van der Waals surface area contributed by atoms with Crippen molar-refractivity contribution < 1.29 is 9.59 Å². The van der Waals surface area contributed by atoms with Crippen LogP contribution in [0.2, 0.25) is 0 Å². The lowest BCUT2D eigenvalue weighted by Crippen LogP contribution is -2.49. The van der Waals surface area contributed by atoms with E-state index in [2.05, 4.69) is 10.6 Å². The monoisotopic (exact) mass is 442 g/mol. The summed E-state index contributed by atoms with van der Waals surface area (Å²) in [6.45, 7) is 0. The lowest BCUT2D eigenvalue weighted by Gasteiger charge is -2.42. The van der Waals surface area contributed by atoms with E-state index in [-0.39, 0.29) is 11.8 Å². The van der Waals surface area contributed by atoms with Crippen molar-refractivity contribution in [1.82, 2.24) is 10.6 Å². The van der Waals surface area contributed by atoms with Gasteiger partial charge in [0.2, 0.25) is 11.8 Å². The highest BCUT2D eigenvalue weighted by atomic mass is 16.2. The van der Waals surface area contributed by atoms with E-state index in [0.717, 1.165) is 50.4 Å². The smallest absolute Gasteiger partial charge is 0.223 e. The Kier molecular flexibility index (Phi) is 7.43. The predicted molar refractivity (Wildman–Crippen MR) is 128 cm³/mol. The molecule has 0 aliphatic heterocycles. The molecule has 0 saturated heterocycles. The highest BCUT2D eigenvalue weighted by molar-refractivity contribution is 5.80. The van der Waals surface area contributed by atoms with Crippen LogP contribution >= 0.6 is 0 Å². The van der Waals surface area contributed by atoms with E-state index in [1.807, 2.05) is 0 Å². The van der Waals surface area contributed by atoms with Gasteiger partial charge in [0.05, 0.1) is 0 Å². The molecule has 180 valence electrons. The van der Waals surface area contributed by atoms with Crippen LogP contribution in [0.25, 0.3) is 0 Å². The SMILES string of the molecule is O=C(NC1CCC(NC(=O)C2CCCC3CCCCC32)CC1)C1CCCC2CCCCC21. The topological polar surface area (TPSA) is 58.2 Å². The van der Waals surface area contributed by atoms with Gasteiger partial charge in [-0.2, -0.15) is 0 Å². The minimum Gasteiger partial charge on any atom is -0.353 e. The molecule has 5 fully saturated rings. The Morgan fingerprint density at radius 3 is 1.25 bits per heavy atom. The number of nitrogens with one attached hydrogen (secondary N) is 2. The lowest BCUT2D eigenvalue weighted by molar-refractivity contribution is -0.132. The number of rotatable bonds is 4. The molecule has 5 rings (SSSR count). The quantitative estimate of drug-likeness (QED) is 0.583. The number of amides is 2. The summed E-state index contributed by atoms with van der Waals surface area (Å²) in [6, 6.07) is 0.633. The first kappa shape index (κ1) is 22.7. The molecule has 0 aromatic rings. The van der Waals surface area contributed by atoms with Gasteiger partial charge in [-0.15, -0.1) is 0 Å². The number of carbonyl (C=O) groups excluding carboxylic acids is 2. The van der Waals surface area contributed by atoms with Gasteiger partial charge in [-0.25, -0.2) is 0 Å². The Hall–Kier alpha value is -1.06. The maximum atomic E-state index is 13.1. The van der Waals surface area contributed by atoms with E-state index in [4.69, 9.17) is 0 Å². The van der Waals surface area contributed by atoms with Gasteiger partial charge >= 0.3 is 0 Å². The van der Waals surface area contributed by atoms with E-state index in [9.17, 15) is 9.59 Å². The molecule has 4 heteroatoms. The Balaban J connectivity index is 1.07.